The molecule has 2 aromatic carbocycles. The molecule has 6 heteroatoms. The molecule has 0 aliphatic rings. The van der Waals surface area contributed by atoms with Crippen molar-refractivity contribution in [1.29, 1.82) is 0 Å². The SMILES string of the molecule is CN=c1scc(-c2ccc3cc(OC)ccc3c2)n1N=Cc1ccsc1. The highest BCUT2D eigenvalue weighted by atomic mass is 32.1. The van der Waals surface area contributed by atoms with E-state index in [4.69, 9.17) is 4.74 Å². The summed E-state index contributed by atoms with van der Waals surface area (Å²) in [4.78, 5) is 5.22. The Hall–Kier alpha value is -2.70. The van der Waals surface area contributed by atoms with Crippen LogP contribution in [-0.2, 0) is 0 Å². The highest BCUT2D eigenvalue weighted by molar-refractivity contribution is 7.08. The first kappa shape index (κ1) is 16.8. The summed E-state index contributed by atoms with van der Waals surface area (Å²) in [5.74, 6) is 0.864. The van der Waals surface area contributed by atoms with E-state index >= 15 is 0 Å². The average Bonchev–Trinajstić information content (AvgIpc) is 3.34. The van der Waals surface area contributed by atoms with Crippen LogP contribution in [0.1, 0.15) is 5.56 Å². The van der Waals surface area contributed by atoms with Crippen molar-refractivity contribution in [3.63, 3.8) is 0 Å². The molecule has 0 unspecified atom stereocenters. The summed E-state index contributed by atoms with van der Waals surface area (Å²) in [7, 11) is 3.48. The molecule has 0 saturated heterocycles. The van der Waals surface area contributed by atoms with Gasteiger partial charge in [-0.3, -0.25) is 4.99 Å². The molecule has 0 atom stereocenters. The summed E-state index contributed by atoms with van der Waals surface area (Å²) in [5, 5.41) is 13.2. The number of thiophene rings is 1. The predicted octanol–water partition coefficient (Wildman–Crippen LogP) is 4.85. The second kappa shape index (κ2) is 7.27. The van der Waals surface area contributed by atoms with Gasteiger partial charge < -0.3 is 4.74 Å². The fourth-order valence-electron chi connectivity index (χ4n) is 2.74. The number of hydrogen-bond acceptors (Lipinski definition) is 5. The van der Waals surface area contributed by atoms with Crippen LogP contribution in [0.4, 0.5) is 0 Å². The normalized spacial score (nSPS) is 12.3. The fourth-order valence-corrected chi connectivity index (χ4v) is 4.16. The lowest BCUT2D eigenvalue weighted by Crippen LogP contribution is -2.11. The number of hydrogen-bond donors (Lipinski definition) is 0. The van der Waals surface area contributed by atoms with Crippen LogP contribution in [0.5, 0.6) is 5.75 Å². The number of rotatable bonds is 4. The van der Waals surface area contributed by atoms with Gasteiger partial charge in [-0.1, -0.05) is 18.2 Å². The Morgan fingerprint density at radius 2 is 1.88 bits per heavy atom. The van der Waals surface area contributed by atoms with Crippen molar-refractivity contribution in [1.82, 2.24) is 4.68 Å². The minimum absolute atomic E-state index is 0.862. The molecule has 0 radical (unpaired) electrons. The molecule has 2 heterocycles. The van der Waals surface area contributed by atoms with Crippen LogP contribution in [0.3, 0.4) is 0 Å². The summed E-state index contributed by atoms with van der Waals surface area (Å²) in [6.07, 6.45) is 1.87. The molecular weight excluding hydrogens is 362 g/mol. The number of fused-ring (bicyclic) bond motifs is 1. The molecular formula is C20H17N3OS2. The fraction of sp³-hybridized carbons (Fsp3) is 0.100. The molecule has 0 fully saturated rings. The van der Waals surface area contributed by atoms with Gasteiger partial charge in [-0.2, -0.15) is 16.4 Å². The third-order valence-electron chi connectivity index (χ3n) is 4.09. The van der Waals surface area contributed by atoms with Crippen LogP contribution < -0.4 is 9.54 Å². The zero-order valence-corrected chi connectivity index (χ0v) is 16.1. The molecule has 4 nitrogen and oxygen atoms in total. The summed E-state index contributed by atoms with van der Waals surface area (Å²) in [6, 6.07) is 14.5. The maximum Gasteiger partial charge on any atom is 0.205 e. The summed E-state index contributed by atoms with van der Waals surface area (Å²) in [5.41, 5.74) is 3.23. The maximum atomic E-state index is 5.31. The van der Waals surface area contributed by atoms with E-state index in [1.54, 1.807) is 36.8 Å². The molecule has 0 N–H and O–H groups in total. The van der Waals surface area contributed by atoms with Gasteiger partial charge in [0.15, 0.2) is 0 Å². The lowest BCUT2D eigenvalue weighted by Gasteiger charge is -2.07. The molecule has 0 amide bonds. The number of thiazole rings is 1. The van der Waals surface area contributed by atoms with Gasteiger partial charge in [0.1, 0.15) is 5.75 Å². The van der Waals surface area contributed by atoms with E-state index in [0.717, 1.165) is 38.1 Å². The lowest BCUT2D eigenvalue weighted by molar-refractivity contribution is 0.415. The van der Waals surface area contributed by atoms with Crippen molar-refractivity contribution in [3.8, 4) is 17.0 Å². The van der Waals surface area contributed by atoms with Crippen molar-refractivity contribution >= 4 is 39.7 Å². The molecule has 130 valence electrons. The van der Waals surface area contributed by atoms with Crippen LogP contribution in [0.15, 0.2) is 68.7 Å². The van der Waals surface area contributed by atoms with E-state index in [9.17, 15) is 0 Å². The number of methoxy groups -OCH3 is 1. The van der Waals surface area contributed by atoms with E-state index in [-0.39, 0.29) is 0 Å². The molecule has 0 aliphatic carbocycles. The Kier molecular flexibility index (Phi) is 4.69. The molecule has 0 aliphatic heterocycles. The second-order valence-electron chi connectivity index (χ2n) is 5.67. The molecule has 0 saturated carbocycles. The second-order valence-corrected chi connectivity index (χ2v) is 7.28. The van der Waals surface area contributed by atoms with Crippen molar-refractivity contribution in [2.45, 2.75) is 0 Å². The first-order chi connectivity index (χ1) is 12.8. The van der Waals surface area contributed by atoms with Crippen LogP contribution in [0, 0.1) is 0 Å². The molecule has 0 bridgehead atoms. The van der Waals surface area contributed by atoms with E-state index in [1.807, 2.05) is 34.5 Å². The smallest absolute Gasteiger partial charge is 0.205 e. The minimum Gasteiger partial charge on any atom is -0.497 e. The summed E-state index contributed by atoms with van der Waals surface area (Å²) in [6.45, 7) is 0. The van der Waals surface area contributed by atoms with Gasteiger partial charge >= 0.3 is 0 Å². The topological polar surface area (TPSA) is 38.9 Å². The van der Waals surface area contributed by atoms with Gasteiger partial charge in [-0.15, -0.1) is 11.3 Å². The molecule has 26 heavy (non-hydrogen) atoms. The van der Waals surface area contributed by atoms with E-state index in [1.165, 1.54) is 0 Å². The molecule has 4 rings (SSSR count). The molecule has 0 spiro atoms. The number of nitrogens with zero attached hydrogens (tertiary/aromatic N) is 3. The van der Waals surface area contributed by atoms with Crippen LogP contribution >= 0.6 is 22.7 Å². The average molecular weight is 380 g/mol. The third-order valence-corrected chi connectivity index (χ3v) is 5.69. The summed E-state index contributed by atoms with van der Waals surface area (Å²) < 4.78 is 7.20. The third kappa shape index (κ3) is 3.21. The van der Waals surface area contributed by atoms with Crippen LogP contribution in [-0.4, -0.2) is 25.0 Å². The van der Waals surface area contributed by atoms with Gasteiger partial charge in [0.05, 0.1) is 19.0 Å². The Morgan fingerprint density at radius 1 is 1.04 bits per heavy atom. The van der Waals surface area contributed by atoms with Crippen molar-refractivity contribution < 1.29 is 4.74 Å². The highest BCUT2D eigenvalue weighted by Gasteiger charge is 2.08. The number of benzene rings is 2. The van der Waals surface area contributed by atoms with Gasteiger partial charge in [0, 0.05) is 23.6 Å². The Morgan fingerprint density at radius 3 is 2.65 bits per heavy atom. The standard InChI is InChI=1S/C20H17N3OS2/c1-21-20-23(22-11-14-7-8-25-12-14)19(13-26-20)17-4-3-16-10-18(24-2)6-5-15(16)9-17/h3-13H,1-2H3. The van der Waals surface area contributed by atoms with Crippen LogP contribution in [0.25, 0.3) is 22.0 Å². The highest BCUT2D eigenvalue weighted by Crippen LogP contribution is 2.27. The largest absolute Gasteiger partial charge is 0.497 e. The predicted molar refractivity (Wildman–Crippen MR) is 111 cm³/mol. The van der Waals surface area contributed by atoms with E-state index in [2.05, 4.69) is 45.1 Å². The first-order valence-corrected chi connectivity index (χ1v) is 9.89. The first-order valence-electron chi connectivity index (χ1n) is 8.06. The van der Waals surface area contributed by atoms with Gasteiger partial charge in [-0.25, -0.2) is 4.68 Å². The number of aromatic nitrogens is 1. The lowest BCUT2D eigenvalue weighted by atomic mass is 10.1. The number of ether oxygens (including phenoxy) is 1. The summed E-state index contributed by atoms with van der Waals surface area (Å²) >= 11 is 3.24. The zero-order valence-electron chi connectivity index (χ0n) is 14.4. The Bertz CT molecular complexity index is 1140. The maximum absolute atomic E-state index is 5.31. The monoisotopic (exact) mass is 379 g/mol. The van der Waals surface area contributed by atoms with Crippen molar-refractivity contribution in [2.75, 3.05) is 14.2 Å². The molecule has 4 aromatic rings. The van der Waals surface area contributed by atoms with Gasteiger partial charge in [0.2, 0.25) is 4.80 Å². The molecule has 2 aromatic heterocycles. The zero-order chi connectivity index (χ0) is 17.9. The van der Waals surface area contributed by atoms with Crippen LogP contribution in [0.2, 0.25) is 0 Å². The quantitative estimate of drug-likeness (QED) is 0.467. The van der Waals surface area contributed by atoms with Crippen molar-refractivity contribution in [3.05, 3.63) is 69.0 Å². The van der Waals surface area contributed by atoms with E-state index in [0.29, 0.717) is 0 Å². The van der Waals surface area contributed by atoms with E-state index < -0.39 is 0 Å². The van der Waals surface area contributed by atoms with Gasteiger partial charge in [-0.05, 0) is 45.8 Å². The van der Waals surface area contributed by atoms with Crippen molar-refractivity contribution in [2.24, 2.45) is 10.1 Å². The Balaban J connectivity index is 1.80. The minimum atomic E-state index is 0.862. The Labute approximate surface area is 159 Å². The van der Waals surface area contributed by atoms with Gasteiger partial charge in [0.25, 0.3) is 0 Å².